The molecule has 1 heterocycles. The van der Waals surface area contributed by atoms with Crippen molar-refractivity contribution in [1.82, 2.24) is 9.88 Å². The molecule has 0 saturated heterocycles. The van der Waals surface area contributed by atoms with E-state index in [1.54, 1.807) is 0 Å². The molecule has 1 N–H and O–H groups in total. The molecule has 1 unspecified atom stereocenters. The minimum atomic E-state index is 0.551. The molecule has 1 atom stereocenters. The van der Waals surface area contributed by atoms with Crippen molar-refractivity contribution in [2.24, 2.45) is 5.92 Å². The quantitative estimate of drug-likeness (QED) is 0.839. The lowest BCUT2D eigenvalue weighted by Gasteiger charge is -2.15. The third-order valence-electron chi connectivity index (χ3n) is 4.51. The third-order valence-corrected chi connectivity index (χ3v) is 4.51. The first-order chi connectivity index (χ1) is 10.2. The van der Waals surface area contributed by atoms with Crippen LogP contribution in [0.5, 0.6) is 0 Å². The number of nitrogens with zero attached hydrogens (tertiary/aromatic N) is 1. The molecule has 112 valence electrons. The van der Waals surface area contributed by atoms with E-state index in [2.05, 4.69) is 67.3 Å². The smallest absolute Gasteiger partial charge is 0.0473 e. The average Bonchev–Trinajstić information content (AvgIpc) is 3.20. The van der Waals surface area contributed by atoms with Gasteiger partial charge in [-0.3, -0.25) is 0 Å². The van der Waals surface area contributed by atoms with Crippen LogP contribution in [0.2, 0.25) is 0 Å². The first-order valence-corrected chi connectivity index (χ1v) is 8.12. The van der Waals surface area contributed by atoms with Crippen LogP contribution in [0.3, 0.4) is 0 Å². The summed E-state index contributed by atoms with van der Waals surface area (Å²) in [6.07, 6.45) is 7.30. The Bertz CT molecular complexity index is 608. The number of hydrogen-bond acceptors (Lipinski definition) is 1. The van der Waals surface area contributed by atoms with Gasteiger partial charge in [0.2, 0.25) is 0 Å². The number of aryl methyl sites for hydroxylation is 2. The highest BCUT2D eigenvalue weighted by Gasteiger charge is 2.31. The molecule has 1 aromatic carbocycles. The maximum atomic E-state index is 3.65. The van der Waals surface area contributed by atoms with Gasteiger partial charge in [-0.15, -0.1) is 0 Å². The Balaban J connectivity index is 1.76. The minimum Gasteiger partial charge on any atom is -0.350 e. The molecule has 1 aromatic heterocycles. The standard InChI is InChI=1S/C19H26N2/c1-4-20-19(16-7-8-16)17-9-10-21(12-17)13-18-11-14(2)5-6-15(18)3/h5-6,9-12,16,19-20H,4,7-8,13H2,1-3H3. The van der Waals surface area contributed by atoms with Gasteiger partial charge in [0.1, 0.15) is 0 Å². The molecule has 0 amide bonds. The molecular weight excluding hydrogens is 256 g/mol. The molecule has 2 aromatic rings. The lowest BCUT2D eigenvalue weighted by Crippen LogP contribution is -2.22. The van der Waals surface area contributed by atoms with E-state index in [1.807, 2.05) is 0 Å². The average molecular weight is 282 g/mol. The minimum absolute atomic E-state index is 0.551. The summed E-state index contributed by atoms with van der Waals surface area (Å²) in [6.45, 7) is 8.58. The maximum absolute atomic E-state index is 3.65. The van der Waals surface area contributed by atoms with Gasteiger partial charge in [0.05, 0.1) is 0 Å². The van der Waals surface area contributed by atoms with Crippen molar-refractivity contribution in [2.75, 3.05) is 6.54 Å². The summed E-state index contributed by atoms with van der Waals surface area (Å²) in [4.78, 5) is 0. The van der Waals surface area contributed by atoms with Crippen LogP contribution in [0.15, 0.2) is 36.7 Å². The lowest BCUT2D eigenvalue weighted by molar-refractivity contribution is 0.495. The summed E-state index contributed by atoms with van der Waals surface area (Å²) in [5, 5.41) is 3.65. The SMILES string of the molecule is CCNC(c1ccn(Cc2cc(C)ccc2C)c1)C1CC1. The van der Waals surface area contributed by atoms with Crippen LogP contribution in [0.1, 0.15) is 48.1 Å². The van der Waals surface area contributed by atoms with Crippen LogP contribution in [-0.2, 0) is 6.54 Å². The fraction of sp³-hybridized carbons (Fsp3) is 0.474. The zero-order valence-electron chi connectivity index (χ0n) is 13.4. The van der Waals surface area contributed by atoms with E-state index in [1.165, 1.54) is 35.1 Å². The summed E-state index contributed by atoms with van der Waals surface area (Å²) >= 11 is 0. The maximum Gasteiger partial charge on any atom is 0.0473 e. The fourth-order valence-electron chi connectivity index (χ4n) is 3.12. The van der Waals surface area contributed by atoms with Crippen molar-refractivity contribution in [1.29, 1.82) is 0 Å². The molecule has 0 radical (unpaired) electrons. The molecule has 0 spiro atoms. The second-order valence-electron chi connectivity index (χ2n) is 6.42. The van der Waals surface area contributed by atoms with Gasteiger partial charge in [-0.2, -0.15) is 0 Å². The lowest BCUT2D eigenvalue weighted by atomic mass is 10.1. The van der Waals surface area contributed by atoms with Crippen LogP contribution in [0, 0.1) is 19.8 Å². The van der Waals surface area contributed by atoms with Crippen LogP contribution < -0.4 is 5.32 Å². The van der Waals surface area contributed by atoms with Crippen molar-refractivity contribution in [3.8, 4) is 0 Å². The Morgan fingerprint density at radius 2 is 2.05 bits per heavy atom. The van der Waals surface area contributed by atoms with Gasteiger partial charge in [-0.1, -0.05) is 30.7 Å². The van der Waals surface area contributed by atoms with Gasteiger partial charge in [0.25, 0.3) is 0 Å². The van der Waals surface area contributed by atoms with E-state index in [0.717, 1.165) is 19.0 Å². The summed E-state index contributed by atoms with van der Waals surface area (Å²) in [5.41, 5.74) is 5.58. The summed E-state index contributed by atoms with van der Waals surface area (Å²) in [7, 11) is 0. The van der Waals surface area contributed by atoms with Crippen LogP contribution >= 0.6 is 0 Å². The van der Waals surface area contributed by atoms with Gasteiger partial charge < -0.3 is 9.88 Å². The van der Waals surface area contributed by atoms with Gasteiger partial charge in [0.15, 0.2) is 0 Å². The van der Waals surface area contributed by atoms with Crippen LogP contribution in [-0.4, -0.2) is 11.1 Å². The fourth-order valence-corrected chi connectivity index (χ4v) is 3.12. The molecule has 1 aliphatic carbocycles. The van der Waals surface area contributed by atoms with E-state index in [4.69, 9.17) is 0 Å². The topological polar surface area (TPSA) is 17.0 Å². The van der Waals surface area contributed by atoms with Crippen LogP contribution in [0.25, 0.3) is 0 Å². The van der Waals surface area contributed by atoms with Crippen molar-refractivity contribution < 1.29 is 0 Å². The van der Waals surface area contributed by atoms with E-state index in [-0.39, 0.29) is 0 Å². The monoisotopic (exact) mass is 282 g/mol. The van der Waals surface area contributed by atoms with Gasteiger partial charge in [-0.05, 0) is 61.9 Å². The van der Waals surface area contributed by atoms with Crippen molar-refractivity contribution in [3.05, 3.63) is 58.9 Å². The largest absolute Gasteiger partial charge is 0.350 e. The zero-order chi connectivity index (χ0) is 14.8. The summed E-state index contributed by atoms with van der Waals surface area (Å²) < 4.78 is 2.32. The molecule has 2 heteroatoms. The van der Waals surface area contributed by atoms with Crippen molar-refractivity contribution in [2.45, 2.75) is 46.2 Å². The number of nitrogens with one attached hydrogen (secondary N) is 1. The first kappa shape index (κ1) is 14.4. The van der Waals surface area contributed by atoms with Crippen LogP contribution in [0.4, 0.5) is 0 Å². The third kappa shape index (κ3) is 3.38. The van der Waals surface area contributed by atoms with E-state index < -0.39 is 0 Å². The van der Waals surface area contributed by atoms with Crippen molar-refractivity contribution >= 4 is 0 Å². The van der Waals surface area contributed by atoms with E-state index >= 15 is 0 Å². The number of aromatic nitrogens is 1. The molecule has 3 rings (SSSR count). The Morgan fingerprint density at radius 1 is 1.24 bits per heavy atom. The van der Waals surface area contributed by atoms with Gasteiger partial charge >= 0.3 is 0 Å². The molecule has 0 bridgehead atoms. The second kappa shape index (κ2) is 6.07. The Kier molecular flexibility index (Phi) is 4.16. The van der Waals surface area contributed by atoms with E-state index in [0.29, 0.717) is 6.04 Å². The number of rotatable bonds is 6. The highest BCUT2D eigenvalue weighted by atomic mass is 15.0. The molecule has 1 aliphatic rings. The van der Waals surface area contributed by atoms with Crippen molar-refractivity contribution in [3.63, 3.8) is 0 Å². The highest BCUT2D eigenvalue weighted by molar-refractivity contribution is 5.31. The summed E-state index contributed by atoms with van der Waals surface area (Å²) in [5.74, 6) is 0.849. The number of benzene rings is 1. The Labute approximate surface area is 128 Å². The Morgan fingerprint density at radius 3 is 2.76 bits per heavy atom. The molecule has 1 saturated carbocycles. The molecule has 21 heavy (non-hydrogen) atoms. The molecular formula is C19H26N2. The Hall–Kier alpha value is -1.54. The summed E-state index contributed by atoms with van der Waals surface area (Å²) in [6, 6.07) is 9.55. The van der Waals surface area contributed by atoms with E-state index in [9.17, 15) is 0 Å². The second-order valence-corrected chi connectivity index (χ2v) is 6.42. The predicted molar refractivity (Wildman–Crippen MR) is 88.6 cm³/mol. The molecule has 2 nitrogen and oxygen atoms in total. The zero-order valence-corrected chi connectivity index (χ0v) is 13.4. The predicted octanol–water partition coefficient (Wildman–Crippen LogP) is 4.21. The molecule has 0 aliphatic heterocycles. The van der Waals surface area contributed by atoms with Gasteiger partial charge in [-0.25, -0.2) is 0 Å². The normalized spacial score (nSPS) is 16.1. The van der Waals surface area contributed by atoms with Gasteiger partial charge in [0, 0.05) is 25.0 Å². The highest BCUT2D eigenvalue weighted by Crippen LogP contribution is 2.41. The number of hydrogen-bond donors (Lipinski definition) is 1. The first-order valence-electron chi connectivity index (χ1n) is 8.12. The molecule has 1 fully saturated rings.